The summed E-state index contributed by atoms with van der Waals surface area (Å²) in [6, 6.07) is 2.22. The number of nitrogens with zero attached hydrogens (tertiary/aromatic N) is 1. The van der Waals surface area contributed by atoms with Crippen molar-refractivity contribution < 1.29 is 22.4 Å². The van der Waals surface area contributed by atoms with Crippen molar-refractivity contribution in [2.24, 2.45) is 0 Å². The zero-order chi connectivity index (χ0) is 15.6. The smallest absolute Gasteiger partial charge is 0.358 e. The van der Waals surface area contributed by atoms with E-state index in [9.17, 15) is 22.4 Å². The fraction of sp³-hybridized carbons (Fsp3) is 0.500. The summed E-state index contributed by atoms with van der Waals surface area (Å²) in [7, 11) is 1.50. The van der Waals surface area contributed by atoms with Gasteiger partial charge in [-0.15, -0.1) is 0 Å². The minimum atomic E-state index is -4.61. The largest absolute Gasteiger partial charge is 0.416 e. The Hall–Kier alpha value is -1.63. The second-order valence-corrected chi connectivity index (χ2v) is 5.04. The van der Waals surface area contributed by atoms with Gasteiger partial charge in [-0.25, -0.2) is 4.39 Å². The molecule has 3 nitrogen and oxygen atoms in total. The zero-order valence-corrected chi connectivity index (χ0v) is 11.5. The van der Waals surface area contributed by atoms with Crippen LogP contribution < -0.4 is 5.32 Å². The molecule has 1 heterocycles. The fourth-order valence-corrected chi connectivity index (χ4v) is 2.65. The van der Waals surface area contributed by atoms with Crippen molar-refractivity contribution in [1.82, 2.24) is 10.2 Å². The predicted octanol–water partition coefficient (Wildman–Crippen LogP) is 2.55. The molecular formula is C14H16F4N2O. The van der Waals surface area contributed by atoms with E-state index in [-0.39, 0.29) is 18.0 Å². The highest BCUT2D eigenvalue weighted by Crippen LogP contribution is 2.34. The summed E-state index contributed by atoms with van der Waals surface area (Å²) in [5.41, 5.74) is -0.996. The molecule has 0 aromatic heterocycles. The highest BCUT2D eigenvalue weighted by atomic mass is 19.4. The molecule has 0 radical (unpaired) electrons. The normalized spacial score (nSPS) is 19.8. The molecule has 2 rings (SSSR count). The molecule has 1 N–H and O–H groups in total. The molecule has 21 heavy (non-hydrogen) atoms. The molecule has 7 heteroatoms. The maximum atomic E-state index is 13.1. The number of hydrogen-bond acceptors (Lipinski definition) is 2. The molecule has 0 saturated carbocycles. The number of likely N-dealkylation sites (tertiary alicyclic amines) is 1. The van der Waals surface area contributed by atoms with Gasteiger partial charge in [-0.2, -0.15) is 13.2 Å². The van der Waals surface area contributed by atoms with Crippen molar-refractivity contribution in [3.8, 4) is 0 Å². The second kappa shape index (κ2) is 6.01. The quantitative estimate of drug-likeness (QED) is 0.871. The van der Waals surface area contributed by atoms with E-state index in [0.29, 0.717) is 19.0 Å². The summed E-state index contributed by atoms with van der Waals surface area (Å²) in [6.45, 7) is 0.528. The van der Waals surface area contributed by atoms with Crippen molar-refractivity contribution in [2.45, 2.75) is 31.6 Å². The van der Waals surface area contributed by atoms with E-state index in [0.717, 1.165) is 18.6 Å². The molecule has 1 aliphatic rings. The molecule has 116 valence electrons. The van der Waals surface area contributed by atoms with Crippen LogP contribution in [0, 0.1) is 5.82 Å². The molecular weight excluding hydrogens is 288 g/mol. The minimum absolute atomic E-state index is 0.0142. The third-order valence-electron chi connectivity index (χ3n) is 3.66. The topological polar surface area (TPSA) is 32.3 Å². The standard InChI is InChI=1S/C14H16F4N2O/c1-19-13(21)12-3-2-6-20(12)8-9-4-5-10(15)7-11(9)14(16,17)18/h4-5,7,12H,2-3,6,8H2,1H3,(H,19,21)/t12-/m1/s1. The van der Waals surface area contributed by atoms with Crippen molar-refractivity contribution >= 4 is 5.91 Å². The highest BCUT2D eigenvalue weighted by molar-refractivity contribution is 5.81. The van der Waals surface area contributed by atoms with Crippen LogP contribution in [-0.4, -0.2) is 30.4 Å². The summed E-state index contributed by atoms with van der Waals surface area (Å²) in [5, 5.41) is 2.51. The van der Waals surface area contributed by atoms with Crippen LogP contribution in [0.2, 0.25) is 0 Å². The number of likely N-dealkylation sites (N-methyl/N-ethyl adjacent to an activating group) is 1. The Bertz CT molecular complexity index is 530. The van der Waals surface area contributed by atoms with Crippen molar-refractivity contribution in [3.05, 3.63) is 35.1 Å². The Morgan fingerprint density at radius 1 is 1.43 bits per heavy atom. The predicted molar refractivity (Wildman–Crippen MR) is 68.9 cm³/mol. The number of benzene rings is 1. The third-order valence-corrected chi connectivity index (χ3v) is 3.66. The summed E-state index contributed by atoms with van der Waals surface area (Å²) in [5.74, 6) is -1.13. The van der Waals surface area contributed by atoms with E-state index >= 15 is 0 Å². The number of rotatable bonds is 3. The number of carbonyl (C=O) groups is 1. The van der Waals surface area contributed by atoms with E-state index < -0.39 is 23.6 Å². The van der Waals surface area contributed by atoms with Crippen molar-refractivity contribution in [3.63, 3.8) is 0 Å². The molecule has 0 spiro atoms. The molecule has 1 aromatic carbocycles. The highest BCUT2D eigenvalue weighted by Gasteiger charge is 2.36. The van der Waals surface area contributed by atoms with Gasteiger partial charge in [0.25, 0.3) is 0 Å². The van der Waals surface area contributed by atoms with Gasteiger partial charge in [0.15, 0.2) is 0 Å². The fourth-order valence-electron chi connectivity index (χ4n) is 2.65. The van der Waals surface area contributed by atoms with Crippen LogP contribution in [0.1, 0.15) is 24.0 Å². The van der Waals surface area contributed by atoms with Gasteiger partial charge < -0.3 is 5.32 Å². The lowest BCUT2D eigenvalue weighted by molar-refractivity contribution is -0.138. The maximum Gasteiger partial charge on any atom is 0.416 e. The first-order chi connectivity index (χ1) is 9.82. The van der Waals surface area contributed by atoms with E-state index in [1.807, 2.05) is 0 Å². The van der Waals surface area contributed by atoms with Crippen LogP contribution in [0.25, 0.3) is 0 Å². The monoisotopic (exact) mass is 304 g/mol. The first-order valence-corrected chi connectivity index (χ1v) is 6.64. The first-order valence-electron chi connectivity index (χ1n) is 6.64. The van der Waals surface area contributed by atoms with Crippen molar-refractivity contribution in [1.29, 1.82) is 0 Å². The maximum absolute atomic E-state index is 13.1. The minimum Gasteiger partial charge on any atom is -0.358 e. The summed E-state index contributed by atoms with van der Waals surface area (Å²) >= 11 is 0. The van der Waals surface area contributed by atoms with E-state index in [1.54, 1.807) is 4.90 Å². The average molecular weight is 304 g/mol. The molecule has 0 unspecified atom stereocenters. The molecule has 1 atom stereocenters. The Morgan fingerprint density at radius 3 is 2.76 bits per heavy atom. The van der Waals surface area contributed by atoms with Crippen LogP contribution in [0.3, 0.4) is 0 Å². The van der Waals surface area contributed by atoms with Gasteiger partial charge in [0.1, 0.15) is 5.82 Å². The zero-order valence-electron chi connectivity index (χ0n) is 11.5. The average Bonchev–Trinajstić information content (AvgIpc) is 2.87. The molecule has 1 aromatic rings. The third kappa shape index (κ3) is 3.53. The molecule has 0 aliphatic carbocycles. The number of carbonyl (C=O) groups excluding carboxylic acids is 1. The molecule has 1 aliphatic heterocycles. The van der Waals surface area contributed by atoms with Crippen LogP contribution in [0.4, 0.5) is 17.6 Å². The number of amides is 1. The Balaban J connectivity index is 2.25. The Morgan fingerprint density at radius 2 is 2.14 bits per heavy atom. The van der Waals surface area contributed by atoms with Crippen LogP contribution >= 0.6 is 0 Å². The lowest BCUT2D eigenvalue weighted by Gasteiger charge is -2.24. The number of nitrogens with one attached hydrogen (secondary N) is 1. The summed E-state index contributed by atoms with van der Waals surface area (Å²) in [6.07, 6.45) is -3.25. The number of halogens is 4. The van der Waals surface area contributed by atoms with Gasteiger partial charge in [0, 0.05) is 13.6 Å². The van der Waals surface area contributed by atoms with Gasteiger partial charge in [-0.1, -0.05) is 6.07 Å². The molecule has 1 saturated heterocycles. The lowest BCUT2D eigenvalue weighted by Crippen LogP contribution is -2.41. The van der Waals surface area contributed by atoms with Gasteiger partial charge in [-0.05, 0) is 37.1 Å². The van der Waals surface area contributed by atoms with E-state index in [4.69, 9.17) is 0 Å². The van der Waals surface area contributed by atoms with E-state index in [1.165, 1.54) is 7.05 Å². The lowest BCUT2D eigenvalue weighted by atomic mass is 10.1. The van der Waals surface area contributed by atoms with Crippen molar-refractivity contribution in [2.75, 3.05) is 13.6 Å². The Kier molecular flexibility index (Phi) is 4.51. The van der Waals surface area contributed by atoms with Gasteiger partial charge >= 0.3 is 6.18 Å². The molecule has 0 bridgehead atoms. The van der Waals surface area contributed by atoms with Gasteiger partial charge in [0.2, 0.25) is 5.91 Å². The Labute approximate surface area is 119 Å². The summed E-state index contributed by atoms with van der Waals surface area (Å²) < 4.78 is 52.0. The first kappa shape index (κ1) is 15.8. The molecule has 1 amide bonds. The SMILES string of the molecule is CNC(=O)[C@H]1CCCN1Cc1ccc(F)cc1C(F)(F)F. The second-order valence-electron chi connectivity index (χ2n) is 5.04. The van der Waals surface area contributed by atoms with E-state index in [2.05, 4.69) is 5.32 Å². The molecule has 1 fully saturated rings. The van der Waals surface area contributed by atoms with Gasteiger partial charge in [0.05, 0.1) is 11.6 Å². The van der Waals surface area contributed by atoms with Crippen LogP contribution in [-0.2, 0) is 17.5 Å². The van der Waals surface area contributed by atoms with Crippen LogP contribution in [0.15, 0.2) is 18.2 Å². The van der Waals surface area contributed by atoms with Gasteiger partial charge in [-0.3, -0.25) is 9.69 Å². The number of alkyl halides is 3. The summed E-state index contributed by atoms with van der Waals surface area (Å²) in [4.78, 5) is 13.4. The van der Waals surface area contributed by atoms with Crippen LogP contribution in [0.5, 0.6) is 0 Å². The number of hydrogen-bond donors (Lipinski definition) is 1.